The second-order valence-corrected chi connectivity index (χ2v) is 9.54. The molecule has 0 bridgehead atoms. The van der Waals surface area contributed by atoms with Crippen LogP contribution in [0.5, 0.6) is 0 Å². The Labute approximate surface area is 162 Å². The maximum absolute atomic E-state index is 12.6. The molecule has 0 saturated carbocycles. The van der Waals surface area contributed by atoms with E-state index in [1.165, 1.54) is 15.6 Å². The van der Waals surface area contributed by atoms with Crippen LogP contribution in [0, 0.1) is 0 Å². The van der Waals surface area contributed by atoms with Crippen LogP contribution in [-0.2, 0) is 14.8 Å². The summed E-state index contributed by atoms with van der Waals surface area (Å²) in [7, 11) is -3.44. The summed E-state index contributed by atoms with van der Waals surface area (Å²) in [6.45, 7) is 3.55. The number of thiophene rings is 1. The molecule has 1 aromatic carbocycles. The highest BCUT2D eigenvalue weighted by atomic mass is 35.5. The van der Waals surface area contributed by atoms with Crippen molar-refractivity contribution in [3.8, 4) is 0 Å². The zero-order valence-corrected chi connectivity index (χ0v) is 16.6. The van der Waals surface area contributed by atoms with Gasteiger partial charge < -0.3 is 5.32 Å². The normalized spacial score (nSPS) is 17.8. The lowest BCUT2D eigenvalue weighted by Crippen LogP contribution is -2.53. The number of carbonyl (C=O) groups is 1. The number of anilines is 1. The first-order valence-electron chi connectivity index (χ1n) is 8.22. The van der Waals surface area contributed by atoms with Crippen LogP contribution in [0.25, 0.3) is 0 Å². The molecule has 0 spiro atoms. The van der Waals surface area contributed by atoms with Crippen LogP contribution < -0.4 is 5.32 Å². The quantitative estimate of drug-likeness (QED) is 0.818. The number of nitrogens with zero attached hydrogens (tertiary/aromatic N) is 2. The number of carbonyl (C=O) groups excluding carboxylic acids is 1. The van der Waals surface area contributed by atoms with E-state index in [1.54, 1.807) is 41.8 Å². The number of hydrogen-bond acceptors (Lipinski definition) is 5. The van der Waals surface area contributed by atoms with E-state index < -0.39 is 10.0 Å². The lowest BCUT2D eigenvalue weighted by Gasteiger charge is -2.36. The van der Waals surface area contributed by atoms with Crippen LogP contribution in [0.15, 0.2) is 46.0 Å². The predicted molar refractivity (Wildman–Crippen MR) is 104 cm³/mol. The third-order valence-corrected chi connectivity index (χ3v) is 8.02. The van der Waals surface area contributed by atoms with Gasteiger partial charge in [-0.15, -0.1) is 11.3 Å². The zero-order chi connectivity index (χ0) is 18.7. The van der Waals surface area contributed by atoms with Crippen molar-refractivity contribution in [2.24, 2.45) is 0 Å². The van der Waals surface area contributed by atoms with Gasteiger partial charge in [-0.3, -0.25) is 9.69 Å². The SMILES string of the molecule is C[C@@H](C(=O)Nc1ccccc1Cl)N1CCN(S(=O)(=O)c2cccs2)CC1. The Kier molecular flexibility index (Phi) is 5.99. The minimum absolute atomic E-state index is 0.160. The summed E-state index contributed by atoms with van der Waals surface area (Å²) in [5, 5.41) is 5.07. The molecule has 1 N–H and O–H groups in total. The standard InChI is InChI=1S/C17H20ClN3O3S2/c1-13(17(22)19-15-6-3-2-5-14(15)18)20-8-10-21(11-9-20)26(23,24)16-7-4-12-25-16/h2-7,12-13H,8-11H2,1H3,(H,19,22)/t13-/m0/s1. The average Bonchev–Trinajstić information content (AvgIpc) is 3.18. The van der Waals surface area contributed by atoms with Crippen molar-refractivity contribution < 1.29 is 13.2 Å². The molecule has 2 aromatic rings. The van der Waals surface area contributed by atoms with Crippen molar-refractivity contribution >= 4 is 44.6 Å². The molecule has 26 heavy (non-hydrogen) atoms. The molecule has 1 fully saturated rings. The fraction of sp³-hybridized carbons (Fsp3) is 0.353. The summed E-state index contributed by atoms with van der Waals surface area (Å²) >= 11 is 7.29. The number of halogens is 1. The number of amides is 1. The van der Waals surface area contributed by atoms with E-state index in [1.807, 2.05) is 11.8 Å². The number of sulfonamides is 1. The van der Waals surface area contributed by atoms with Crippen molar-refractivity contribution in [3.05, 3.63) is 46.8 Å². The molecular weight excluding hydrogens is 394 g/mol. The van der Waals surface area contributed by atoms with Gasteiger partial charge in [-0.1, -0.05) is 29.8 Å². The first-order chi connectivity index (χ1) is 12.4. The molecule has 1 aliphatic heterocycles. The zero-order valence-electron chi connectivity index (χ0n) is 14.3. The van der Waals surface area contributed by atoms with Crippen molar-refractivity contribution in [3.63, 3.8) is 0 Å². The second-order valence-electron chi connectivity index (χ2n) is 6.02. The Morgan fingerprint density at radius 3 is 2.46 bits per heavy atom. The van der Waals surface area contributed by atoms with E-state index in [-0.39, 0.29) is 11.9 Å². The third kappa shape index (κ3) is 4.10. The molecule has 9 heteroatoms. The largest absolute Gasteiger partial charge is 0.323 e. The van der Waals surface area contributed by atoms with Crippen LogP contribution in [0.2, 0.25) is 5.02 Å². The summed E-state index contributed by atoms with van der Waals surface area (Å²) in [6, 6.07) is 10.0. The Bertz CT molecular complexity index is 863. The van der Waals surface area contributed by atoms with Gasteiger partial charge in [0.25, 0.3) is 10.0 Å². The fourth-order valence-electron chi connectivity index (χ4n) is 2.83. The molecular formula is C17H20ClN3O3S2. The highest BCUT2D eigenvalue weighted by molar-refractivity contribution is 7.91. The van der Waals surface area contributed by atoms with Gasteiger partial charge in [-0.2, -0.15) is 4.31 Å². The summed E-state index contributed by atoms with van der Waals surface area (Å²) in [6.07, 6.45) is 0. The van der Waals surface area contributed by atoms with Gasteiger partial charge in [0, 0.05) is 26.2 Å². The maximum Gasteiger partial charge on any atom is 0.252 e. The van der Waals surface area contributed by atoms with Gasteiger partial charge in [0.1, 0.15) is 4.21 Å². The van der Waals surface area contributed by atoms with Crippen molar-refractivity contribution in [2.75, 3.05) is 31.5 Å². The number of para-hydroxylation sites is 1. The van der Waals surface area contributed by atoms with E-state index in [9.17, 15) is 13.2 Å². The maximum atomic E-state index is 12.6. The monoisotopic (exact) mass is 413 g/mol. The van der Waals surface area contributed by atoms with E-state index in [0.29, 0.717) is 41.1 Å². The summed E-state index contributed by atoms with van der Waals surface area (Å²) in [5.74, 6) is -0.160. The van der Waals surface area contributed by atoms with Gasteiger partial charge in [0.2, 0.25) is 5.91 Å². The summed E-state index contributed by atoms with van der Waals surface area (Å²) in [4.78, 5) is 14.5. The van der Waals surface area contributed by atoms with Crippen LogP contribution in [0.1, 0.15) is 6.92 Å². The highest BCUT2D eigenvalue weighted by Crippen LogP contribution is 2.23. The topological polar surface area (TPSA) is 69.7 Å². The van der Waals surface area contributed by atoms with Crippen molar-refractivity contribution in [1.29, 1.82) is 0 Å². The fourth-order valence-corrected chi connectivity index (χ4v) is 5.58. The molecule has 1 amide bonds. The predicted octanol–water partition coefficient (Wildman–Crippen LogP) is 2.74. The molecule has 1 aliphatic rings. The number of hydrogen-bond donors (Lipinski definition) is 1. The van der Waals surface area contributed by atoms with E-state index >= 15 is 0 Å². The van der Waals surface area contributed by atoms with Crippen LogP contribution >= 0.6 is 22.9 Å². The lowest BCUT2D eigenvalue weighted by molar-refractivity contribution is -0.121. The van der Waals surface area contributed by atoms with Gasteiger partial charge in [-0.05, 0) is 30.5 Å². The molecule has 140 valence electrons. The van der Waals surface area contributed by atoms with Gasteiger partial charge >= 0.3 is 0 Å². The molecule has 3 rings (SSSR count). The summed E-state index contributed by atoms with van der Waals surface area (Å²) in [5.41, 5.74) is 0.574. The first-order valence-corrected chi connectivity index (χ1v) is 10.9. The van der Waals surface area contributed by atoms with Crippen molar-refractivity contribution in [1.82, 2.24) is 9.21 Å². The van der Waals surface area contributed by atoms with Gasteiger partial charge in [-0.25, -0.2) is 8.42 Å². The highest BCUT2D eigenvalue weighted by Gasteiger charge is 2.32. The van der Waals surface area contributed by atoms with E-state index in [4.69, 9.17) is 11.6 Å². The van der Waals surface area contributed by atoms with E-state index in [0.717, 1.165) is 0 Å². The van der Waals surface area contributed by atoms with Gasteiger partial charge in [0.15, 0.2) is 0 Å². The summed E-state index contributed by atoms with van der Waals surface area (Å²) < 4.78 is 27.0. The number of piperazine rings is 1. The molecule has 2 heterocycles. The van der Waals surface area contributed by atoms with E-state index in [2.05, 4.69) is 5.32 Å². The second kappa shape index (κ2) is 8.06. The molecule has 6 nitrogen and oxygen atoms in total. The Balaban J connectivity index is 1.59. The molecule has 1 aromatic heterocycles. The number of benzene rings is 1. The molecule has 1 atom stereocenters. The Hall–Kier alpha value is -1.45. The smallest absolute Gasteiger partial charge is 0.252 e. The van der Waals surface area contributed by atoms with Crippen LogP contribution in [-0.4, -0.2) is 55.8 Å². The number of nitrogens with one attached hydrogen (secondary N) is 1. The molecule has 1 saturated heterocycles. The Morgan fingerprint density at radius 2 is 1.85 bits per heavy atom. The third-order valence-electron chi connectivity index (χ3n) is 4.42. The minimum atomic E-state index is -3.44. The molecule has 0 aliphatic carbocycles. The van der Waals surface area contributed by atoms with Gasteiger partial charge in [0.05, 0.1) is 16.8 Å². The van der Waals surface area contributed by atoms with Crippen LogP contribution in [0.4, 0.5) is 5.69 Å². The number of rotatable bonds is 5. The molecule has 0 unspecified atom stereocenters. The van der Waals surface area contributed by atoms with Crippen molar-refractivity contribution in [2.45, 2.75) is 17.2 Å². The lowest BCUT2D eigenvalue weighted by atomic mass is 10.2. The molecule has 0 radical (unpaired) electrons. The Morgan fingerprint density at radius 1 is 1.15 bits per heavy atom. The first kappa shape index (κ1) is 19.3. The average molecular weight is 414 g/mol. The minimum Gasteiger partial charge on any atom is -0.323 e. The van der Waals surface area contributed by atoms with Crippen LogP contribution in [0.3, 0.4) is 0 Å².